The van der Waals surface area contributed by atoms with Gasteiger partial charge in [-0.25, -0.2) is 0 Å². The molecule has 0 aromatic carbocycles. The van der Waals surface area contributed by atoms with Gasteiger partial charge in [0.05, 0.1) is 5.60 Å². The van der Waals surface area contributed by atoms with Crippen molar-refractivity contribution in [3.63, 3.8) is 0 Å². The smallest absolute Gasteiger partial charge is 0.0650 e. The van der Waals surface area contributed by atoms with Gasteiger partial charge in [-0.05, 0) is 26.2 Å². The summed E-state index contributed by atoms with van der Waals surface area (Å²) in [7, 11) is 1.80. The number of methoxy groups -OCH3 is 1. The van der Waals surface area contributed by atoms with Crippen molar-refractivity contribution in [3.8, 4) is 0 Å². The first kappa shape index (κ1) is 11.0. The molecule has 0 spiro atoms. The fraction of sp³-hybridized carbons (Fsp3) is 1.00. The van der Waals surface area contributed by atoms with Gasteiger partial charge in [-0.3, -0.25) is 0 Å². The molecule has 68 valence electrons. The van der Waals surface area contributed by atoms with E-state index in [1.807, 2.05) is 0 Å². The lowest BCUT2D eigenvalue weighted by Gasteiger charge is -2.32. The summed E-state index contributed by atoms with van der Waals surface area (Å²) in [5, 5.41) is 0. The van der Waals surface area contributed by atoms with Gasteiger partial charge in [0.25, 0.3) is 0 Å². The topological polar surface area (TPSA) is 9.23 Å². The molecule has 0 amide bonds. The Hall–Kier alpha value is -0.0400. The highest BCUT2D eigenvalue weighted by atomic mass is 16.5. The molecule has 0 saturated heterocycles. The average molecular weight is 158 g/mol. The molecule has 1 heteroatoms. The molecule has 0 heterocycles. The van der Waals surface area contributed by atoms with Crippen molar-refractivity contribution in [3.05, 3.63) is 0 Å². The second-order valence-electron chi connectivity index (χ2n) is 3.70. The quantitative estimate of drug-likeness (QED) is 0.597. The maximum Gasteiger partial charge on any atom is 0.0650 e. The molecule has 0 saturated carbocycles. The van der Waals surface area contributed by atoms with Crippen LogP contribution in [0.1, 0.15) is 47.0 Å². The van der Waals surface area contributed by atoms with Crippen LogP contribution in [0.3, 0.4) is 0 Å². The summed E-state index contributed by atoms with van der Waals surface area (Å²) in [5.74, 6) is 0.706. The van der Waals surface area contributed by atoms with E-state index in [1.54, 1.807) is 7.11 Å². The zero-order valence-corrected chi connectivity index (χ0v) is 8.61. The van der Waals surface area contributed by atoms with Crippen molar-refractivity contribution in [2.45, 2.75) is 52.6 Å². The standard InChI is InChI=1S/C10H22O/c1-6-8-9(7-2)10(3,4)11-5/h9H,6-8H2,1-5H3. The highest BCUT2D eigenvalue weighted by Gasteiger charge is 2.26. The second-order valence-corrected chi connectivity index (χ2v) is 3.70. The molecule has 0 aliphatic heterocycles. The molecule has 0 N–H and O–H groups in total. The van der Waals surface area contributed by atoms with Crippen LogP contribution in [0.4, 0.5) is 0 Å². The van der Waals surface area contributed by atoms with Crippen LogP contribution >= 0.6 is 0 Å². The second kappa shape index (κ2) is 4.76. The maximum absolute atomic E-state index is 5.44. The molecule has 0 aromatic rings. The SMILES string of the molecule is CCCC(CC)C(C)(C)OC. The fourth-order valence-electron chi connectivity index (χ4n) is 1.56. The van der Waals surface area contributed by atoms with E-state index in [0.717, 1.165) is 0 Å². The maximum atomic E-state index is 5.44. The molecule has 1 atom stereocenters. The van der Waals surface area contributed by atoms with Crippen LogP contribution < -0.4 is 0 Å². The van der Waals surface area contributed by atoms with E-state index in [-0.39, 0.29) is 5.60 Å². The number of ether oxygens (including phenoxy) is 1. The Bertz CT molecular complexity index is 97.0. The molecule has 0 radical (unpaired) electrons. The normalized spacial score (nSPS) is 15.0. The number of hydrogen-bond acceptors (Lipinski definition) is 1. The van der Waals surface area contributed by atoms with Crippen molar-refractivity contribution < 1.29 is 4.74 Å². The zero-order chi connectivity index (χ0) is 8.91. The van der Waals surface area contributed by atoms with Gasteiger partial charge in [0.1, 0.15) is 0 Å². The summed E-state index contributed by atoms with van der Waals surface area (Å²) in [6.45, 7) is 8.82. The van der Waals surface area contributed by atoms with Crippen molar-refractivity contribution in [2.75, 3.05) is 7.11 Å². The van der Waals surface area contributed by atoms with Gasteiger partial charge in [-0.15, -0.1) is 0 Å². The van der Waals surface area contributed by atoms with Gasteiger partial charge in [-0.2, -0.15) is 0 Å². The number of hydrogen-bond donors (Lipinski definition) is 0. The third-order valence-electron chi connectivity index (χ3n) is 2.64. The highest BCUT2D eigenvalue weighted by molar-refractivity contribution is 4.77. The van der Waals surface area contributed by atoms with Crippen LogP contribution in [0, 0.1) is 5.92 Å². The Kier molecular flexibility index (Phi) is 4.74. The van der Waals surface area contributed by atoms with E-state index in [9.17, 15) is 0 Å². The van der Waals surface area contributed by atoms with Crippen LogP contribution in [0.5, 0.6) is 0 Å². The first-order chi connectivity index (χ1) is 5.08. The van der Waals surface area contributed by atoms with Crippen LogP contribution in [0.2, 0.25) is 0 Å². The zero-order valence-electron chi connectivity index (χ0n) is 8.61. The van der Waals surface area contributed by atoms with E-state index >= 15 is 0 Å². The van der Waals surface area contributed by atoms with Crippen LogP contribution in [-0.4, -0.2) is 12.7 Å². The lowest BCUT2D eigenvalue weighted by molar-refractivity contribution is -0.0323. The van der Waals surface area contributed by atoms with Gasteiger partial charge >= 0.3 is 0 Å². The average Bonchev–Trinajstić information content (AvgIpc) is 2.00. The van der Waals surface area contributed by atoms with Crippen LogP contribution in [-0.2, 0) is 4.74 Å². The van der Waals surface area contributed by atoms with Gasteiger partial charge in [0, 0.05) is 7.11 Å². The van der Waals surface area contributed by atoms with Gasteiger partial charge in [0.2, 0.25) is 0 Å². The first-order valence-electron chi connectivity index (χ1n) is 4.63. The van der Waals surface area contributed by atoms with E-state index in [4.69, 9.17) is 4.74 Å². The summed E-state index contributed by atoms with van der Waals surface area (Å²) in [6, 6.07) is 0. The molecule has 0 aliphatic carbocycles. The number of rotatable bonds is 5. The summed E-state index contributed by atoms with van der Waals surface area (Å²) < 4.78 is 5.44. The summed E-state index contributed by atoms with van der Waals surface area (Å²) in [6.07, 6.45) is 3.75. The molecule has 0 fully saturated rings. The Labute approximate surface area is 71.1 Å². The minimum absolute atomic E-state index is 0.0603. The molecule has 0 aliphatic rings. The molecule has 0 aromatic heterocycles. The van der Waals surface area contributed by atoms with Crippen molar-refractivity contribution in [2.24, 2.45) is 5.92 Å². The Morgan fingerprint density at radius 2 is 1.82 bits per heavy atom. The molecular formula is C10H22O. The van der Waals surface area contributed by atoms with Crippen LogP contribution in [0.15, 0.2) is 0 Å². The minimum Gasteiger partial charge on any atom is -0.379 e. The fourth-order valence-corrected chi connectivity index (χ4v) is 1.56. The highest BCUT2D eigenvalue weighted by Crippen LogP contribution is 2.27. The summed E-state index contributed by atoms with van der Waals surface area (Å²) >= 11 is 0. The van der Waals surface area contributed by atoms with E-state index in [2.05, 4.69) is 27.7 Å². The Morgan fingerprint density at radius 3 is 2.09 bits per heavy atom. The van der Waals surface area contributed by atoms with Gasteiger partial charge in [-0.1, -0.05) is 26.7 Å². The van der Waals surface area contributed by atoms with Crippen molar-refractivity contribution in [1.82, 2.24) is 0 Å². The van der Waals surface area contributed by atoms with Gasteiger partial charge in [0.15, 0.2) is 0 Å². The predicted molar refractivity (Wildman–Crippen MR) is 49.8 cm³/mol. The van der Waals surface area contributed by atoms with Crippen LogP contribution in [0.25, 0.3) is 0 Å². The first-order valence-corrected chi connectivity index (χ1v) is 4.63. The lowest BCUT2D eigenvalue weighted by atomic mass is 9.85. The minimum atomic E-state index is 0.0603. The molecule has 11 heavy (non-hydrogen) atoms. The molecular weight excluding hydrogens is 136 g/mol. The largest absolute Gasteiger partial charge is 0.379 e. The molecule has 0 rings (SSSR count). The van der Waals surface area contributed by atoms with Crippen molar-refractivity contribution >= 4 is 0 Å². The third-order valence-corrected chi connectivity index (χ3v) is 2.64. The lowest BCUT2D eigenvalue weighted by Crippen LogP contribution is -2.32. The third kappa shape index (κ3) is 3.24. The summed E-state index contributed by atoms with van der Waals surface area (Å²) in [4.78, 5) is 0. The summed E-state index contributed by atoms with van der Waals surface area (Å²) in [5.41, 5.74) is 0.0603. The monoisotopic (exact) mass is 158 g/mol. The molecule has 1 unspecified atom stereocenters. The predicted octanol–water partition coefficient (Wildman–Crippen LogP) is 3.24. The molecule has 0 bridgehead atoms. The van der Waals surface area contributed by atoms with Gasteiger partial charge < -0.3 is 4.74 Å². The van der Waals surface area contributed by atoms with E-state index in [1.165, 1.54) is 19.3 Å². The van der Waals surface area contributed by atoms with E-state index in [0.29, 0.717) is 5.92 Å². The van der Waals surface area contributed by atoms with Crippen molar-refractivity contribution in [1.29, 1.82) is 0 Å². The Balaban J connectivity index is 3.99. The Morgan fingerprint density at radius 1 is 1.27 bits per heavy atom. The molecule has 1 nitrogen and oxygen atoms in total. The van der Waals surface area contributed by atoms with E-state index < -0.39 is 0 Å².